The first-order valence-electron chi connectivity index (χ1n) is 4.85. The molecular weight excluding hydrogens is 276 g/mol. The lowest BCUT2D eigenvalue weighted by Gasteiger charge is -2.05. The Bertz CT molecular complexity index is 586. The second kappa shape index (κ2) is 5.25. The highest BCUT2D eigenvalue weighted by molar-refractivity contribution is 7.09. The van der Waals surface area contributed by atoms with E-state index in [1.807, 2.05) is 0 Å². The number of hydrazine groups is 1. The number of hydrogen-bond acceptors (Lipinski definition) is 7. The van der Waals surface area contributed by atoms with E-state index in [1.165, 1.54) is 6.07 Å². The average molecular weight is 285 g/mol. The van der Waals surface area contributed by atoms with Gasteiger partial charge in [0.1, 0.15) is 17.3 Å². The number of rotatable bonds is 3. The largest absolute Gasteiger partial charge is 0.308 e. The molecule has 0 saturated heterocycles. The van der Waals surface area contributed by atoms with Crippen molar-refractivity contribution in [2.45, 2.75) is 6.92 Å². The molecule has 2 aromatic rings. The fourth-order valence-corrected chi connectivity index (χ4v) is 1.95. The van der Waals surface area contributed by atoms with Crippen LogP contribution in [0.15, 0.2) is 12.1 Å². The Morgan fingerprint density at radius 2 is 2.22 bits per heavy atom. The first-order valence-corrected chi connectivity index (χ1v) is 6.00. The van der Waals surface area contributed by atoms with Crippen LogP contribution in [0.25, 0.3) is 0 Å². The van der Waals surface area contributed by atoms with E-state index in [1.54, 1.807) is 13.0 Å². The first-order chi connectivity index (χ1) is 8.60. The summed E-state index contributed by atoms with van der Waals surface area (Å²) in [5, 5.41) is 3.18. The van der Waals surface area contributed by atoms with Crippen molar-refractivity contribution in [2.75, 3.05) is 10.7 Å². The Morgan fingerprint density at radius 3 is 2.83 bits per heavy atom. The number of hydrogen-bond donors (Lipinski definition) is 3. The van der Waals surface area contributed by atoms with E-state index in [0.717, 1.165) is 11.5 Å². The van der Waals surface area contributed by atoms with Crippen LogP contribution in [0, 0.1) is 6.92 Å². The zero-order chi connectivity index (χ0) is 13.1. The quantitative estimate of drug-likeness (QED) is 0.581. The Kier molecular flexibility index (Phi) is 3.70. The highest BCUT2D eigenvalue weighted by atomic mass is 35.5. The maximum Gasteiger partial charge on any atom is 0.277 e. The SMILES string of the molecule is Cc1nsc(NC(=O)c2nc(NN)ccc2Cl)n1. The summed E-state index contributed by atoms with van der Waals surface area (Å²) >= 11 is 6.98. The lowest BCUT2D eigenvalue weighted by atomic mass is 10.3. The molecule has 0 atom stereocenters. The maximum atomic E-state index is 11.9. The Morgan fingerprint density at radius 1 is 1.44 bits per heavy atom. The summed E-state index contributed by atoms with van der Waals surface area (Å²) < 4.78 is 3.95. The lowest BCUT2D eigenvalue weighted by Crippen LogP contribution is -2.16. The summed E-state index contributed by atoms with van der Waals surface area (Å²) in [5.41, 5.74) is 2.41. The summed E-state index contributed by atoms with van der Waals surface area (Å²) in [6.45, 7) is 1.73. The number of carbonyl (C=O) groups is 1. The molecule has 0 aliphatic carbocycles. The molecule has 0 unspecified atom stereocenters. The molecule has 0 saturated carbocycles. The smallest absolute Gasteiger partial charge is 0.277 e. The summed E-state index contributed by atoms with van der Waals surface area (Å²) in [7, 11) is 0. The molecule has 18 heavy (non-hydrogen) atoms. The van der Waals surface area contributed by atoms with Crippen molar-refractivity contribution in [1.82, 2.24) is 14.3 Å². The standard InChI is InChI=1S/C9H9ClN6OS/c1-4-12-9(18-16-4)14-8(17)7-5(10)2-3-6(13-7)15-11/h2-3H,11H2,1H3,(H,13,15)(H,12,14,16,17). The van der Waals surface area contributed by atoms with Crippen LogP contribution >= 0.6 is 23.1 Å². The topological polar surface area (TPSA) is 106 Å². The van der Waals surface area contributed by atoms with Crippen molar-refractivity contribution >= 4 is 40.0 Å². The van der Waals surface area contributed by atoms with Gasteiger partial charge in [0.2, 0.25) is 5.13 Å². The van der Waals surface area contributed by atoms with Gasteiger partial charge in [0.25, 0.3) is 5.91 Å². The molecule has 2 rings (SSSR count). The number of halogens is 1. The number of nitrogens with two attached hydrogens (primary N) is 1. The summed E-state index contributed by atoms with van der Waals surface area (Å²) in [4.78, 5) is 19.9. The molecule has 2 aromatic heterocycles. The number of carbonyl (C=O) groups excluding carboxylic acids is 1. The zero-order valence-corrected chi connectivity index (χ0v) is 10.8. The molecule has 9 heteroatoms. The van der Waals surface area contributed by atoms with Gasteiger partial charge in [0.05, 0.1) is 5.02 Å². The zero-order valence-electron chi connectivity index (χ0n) is 9.27. The Hall–Kier alpha value is -1.77. The van der Waals surface area contributed by atoms with Crippen LogP contribution in [-0.4, -0.2) is 20.2 Å². The van der Waals surface area contributed by atoms with Crippen molar-refractivity contribution in [2.24, 2.45) is 5.84 Å². The predicted molar refractivity (Wildman–Crippen MR) is 69.7 cm³/mol. The van der Waals surface area contributed by atoms with E-state index in [9.17, 15) is 4.79 Å². The molecule has 2 heterocycles. The minimum absolute atomic E-state index is 0.0694. The monoisotopic (exact) mass is 284 g/mol. The van der Waals surface area contributed by atoms with Gasteiger partial charge < -0.3 is 5.43 Å². The van der Waals surface area contributed by atoms with Crippen molar-refractivity contribution in [3.8, 4) is 0 Å². The van der Waals surface area contributed by atoms with Gasteiger partial charge in [-0.05, 0) is 19.1 Å². The second-order valence-electron chi connectivity index (χ2n) is 3.27. The Balaban J connectivity index is 2.23. The number of aryl methyl sites for hydroxylation is 1. The van der Waals surface area contributed by atoms with E-state index < -0.39 is 5.91 Å². The number of aromatic nitrogens is 3. The molecule has 0 fully saturated rings. The fourth-order valence-electron chi connectivity index (χ4n) is 1.19. The van der Waals surface area contributed by atoms with Gasteiger partial charge in [-0.2, -0.15) is 4.37 Å². The summed E-state index contributed by atoms with van der Waals surface area (Å²) in [5.74, 6) is 5.69. The first kappa shape index (κ1) is 12.7. The van der Waals surface area contributed by atoms with Crippen LogP contribution in [0.3, 0.4) is 0 Å². The molecule has 0 radical (unpaired) electrons. The molecule has 7 nitrogen and oxygen atoms in total. The van der Waals surface area contributed by atoms with E-state index >= 15 is 0 Å². The summed E-state index contributed by atoms with van der Waals surface area (Å²) in [6, 6.07) is 3.10. The molecule has 0 aliphatic rings. The van der Waals surface area contributed by atoms with E-state index in [2.05, 4.69) is 25.1 Å². The number of nitrogen functional groups attached to an aromatic ring is 1. The normalized spacial score (nSPS) is 10.2. The van der Waals surface area contributed by atoms with Gasteiger partial charge in [-0.25, -0.2) is 15.8 Å². The second-order valence-corrected chi connectivity index (χ2v) is 4.43. The molecule has 1 amide bonds. The summed E-state index contributed by atoms with van der Waals surface area (Å²) in [6.07, 6.45) is 0. The third kappa shape index (κ3) is 2.73. The van der Waals surface area contributed by atoms with Crippen LogP contribution in [-0.2, 0) is 0 Å². The van der Waals surface area contributed by atoms with E-state index in [-0.39, 0.29) is 10.7 Å². The van der Waals surface area contributed by atoms with E-state index in [4.69, 9.17) is 17.4 Å². The third-order valence-electron chi connectivity index (χ3n) is 1.96. The van der Waals surface area contributed by atoms with Gasteiger partial charge in [0, 0.05) is 11.5 Å². The van der Waals surface area contributed by atoms with Gasteiger partial charge in [0.15, 0.2) is 0 Å². The molecular formula is C9H9ClN6OS. The molecule has 0 bridgehead atoms. The van der Waals surface area contributed by atoms with Gasteiger partial charge in [-0.1, -0.05) is 11.6 Å². The van der Waals surface area contributed by atoms with Crippen LogP contribution in [0.1, 0.15) is 16.3 Å². The fraction of sp³-hybridized carbons (Fsp3) is 0.111. The van der Waals surface area contributed by atoms with Crippen molar-refractivity contribution in [1.29, 1.82) is 0 Å². The van der Waals surface area contributed by atoms with Crippen LogP contribution in [0.2, 0.25) is 5.02 Å². The van der Waals surface area contributed by atoms with Gasteiger partial charge in [-0.3, -0.25) is 10.1 Å². The number of nitrogens with zero attached hydrogens (tertiary/aromatic N) is 3. The number of pyridine rings is 1. The third-order valence-corrected chi connectivity index (χ3v) is 2.98. The minimum Gasteiger partial charge on any atom is -0.308 e. The van der Waals surface area contributed by atoms with Crippen LogP contribution < -0.4 is 16.6 Å². The number of anilines is 2. The van der Waals surface area contributed by atoms with Crippen LogP contribution in [0.4, 0.5) is 10.9 Å². The van der Waals surface area contributed by atoms with Gasteiger partial charge >= 0.3 is 0 Å². The number of nitrogens with one attached hydrogen (secondary N) is 2. The lowest BCUT2D eigenvalue weighted by molar-refractivity contribution is 0.102. The molecule has 0 aliphatic heterocycles. The molecule has 4 N–H and O–H groups in total. The molecule has 0 aromatic carbocycles. The number of amides is 1. The van der Waals surface area contributed by atoms with Crippen LogP contribution in [0.5, 0.6) is 0 Å². The highest BCUT2D eigenvalue weighted by Crippen LogP contribution is 2.18. The molecule has 0 spiro atoms. The van der Waals surface area contributed by atoms with Gasteiger partial charge in [-0.15, -0.1) is 0 Å². The maximum absolute atomic E-state index is 11.9. The predicted octanol–water partition coefficient (Wildman–Crippen LogP) is 1.43. The van der Waals surface area contributed by atoms with Crippen molar-refractivity contribution in [3.05, 3.63) is 28.7 Å². The van der Waals surface area contributed by atoms with Crippen molar-refractivity contribution < 1.29 is 4.79 Å². The van der Waals surface area contributed by atoms with Crippen molar-refractivity contribution in [3.63, 3.8) is 0 Å². The minimum atomic E-state index is -0.465. The van der Waals surface area contributed by atoms with E-state index in [0.29, 0.717) is 16.8 Å². The highest BCUT2D eigenvalue weighted by Gasteiger charge is 2.15. The molecule has 94 valence electrons. The average Bonchev–Trinajstić information content (AvgIpc) is 2.75. The Labute approximate surface area is 112 Å².